The van der Waals surface area contributed by atoms with Crippen molar-refractivity contribution in [2.45, 2.75) is 51.6 Å². The summed E-state index contributed by atoms with van der Waals surface area (Å²) in [7, 11) is 1.92. The van der Waals surface area contributed by atoms with Gasteiger partial charge in [0.2, 0.25) is 5.91 Å². The number of carbonyl (C=O) groups excluding carboxylic acids is 2. The van der Waals surface area contributed by atoms with Crippen LogP contribution in [0.1, 0.15) is 66.7 Å². The fourth-order valence-electron chi connectivity index (χ4n) is 5.20. The monoisotopic (exact) mass is 468 g/mol. The fourth-order valence-corrected chi connectivity index (χ4v) is 5.20. The molecule has 0 aromatic carbocycles. The minimum atomic E-state index is -0.439. The van der Waals surface area contributed by atoms with Crippen molar-refractivity contribution < 1.29 is 24.5 Å². The maximum Gasteiger partial charge on any atom is 0.293 e. The lowest BCUT2D eigenvalue weighted by Crippen LogP contribution is -2.34. The number of allylic oxidation sites excluding steroid dienone is 3. The summed E-state index contributed by atoms with van der Waals surface area (Å²) in [5, 5.41) is 23.4. The number of carbonyl (C=O) groups is 2. The van der Waals surface area contributed by atoms with Gasteiger partial charge < -0.3 is 30.9 Å². The Morgan fingerprint density at radius 3 is 2.85 bits per heavy atom. The molecule has 0 bridgehead atoms. The van der Waals surface area contributed by atoms with Gasteiger partial charge in [-0.3, -0.25) is 14.6 Å². The highest BCUT2D eigenvalue weighted by Crippen LogP contribution is 2.48. The second kappa shape index (κ2) is 9.99. The van der Waals surface area contributed by atoms with E-state index in [2.05, 4.69) is 12.2 Å². The molecule has 1 unspecified atom stereocenters. The van der Waals surface area contributed by atoms with E-state index in [-0.39, 0.29) is 42.8 Å². The van der Waals surface area contributed by atoms with E-state index < -0.39 is 6.61 Å². The van der Waals surface area contributed by atoms with Gasteiger partial charge in [-0.15, -0.1) is 0 Å². The quantitative estimate of drug-likeness (QED) is 0.335. The molecule has 3 aliphatic rings. The number of pyridine rings is 1. The normalized spacial score (nSPS) is 20.6. The highest BCUT2D eigenvalue weighted by atomic mass is 16.5. The lowest BCUT2D eigenvalue weighted by molar-refractivity contribution is -0.128. The van der Waals surface area contributed by atoms with Crippen LogP contribution in [0.15, 0.2) is 23.0 Å². The summed E-state index contributed by atoms with van der Waals surface area (Å²) in [6, 6.07) is -0.120. The molecule has 0 spiro atoms. The van der Waals surface area contributed by atoms with Crippen LogP contribution in [0.25, 0.3) is 11.3 Å². The lowest BCUT2D eigenvalue weighted by atomic mass is 9.75. The molecule has 9 heteroatoms. The number of nitrogens with two attached hydrogens (primary N) is 1. The van der Waals surface area contributed by atoms with Gasteiger partial charge in [0.1, 0.15) is 12.4 Å². The Morgan fingerprint density at radius 2 is 2.15 bits per heavy atom. The van der Waals surface area contributed by atoms with E-state index in [1.807, 2.05) is 11.9 Å². The van der Waals surface area contributed by atoms with Gasteiger partial charge in [-0.25, -0.2) is 0 Å². The average Bonchev–Trinajstić information content (AvgIpc) is 3.12. The van der Waals surface area contributed by atoms with E-state index in [9.17, 15) is 19.8 Å². The fraction of sp³-hybridized carbons (Fsp3) is 0.480. The number of nitrogens with zero attached hydrogens (tertiary/aromatic N) is 2. The number of aliphatic hydroxyl groups is 2. The van der Waals surface area contributed by atoms with Crippen LogP contribution < -0.4 is 11.1 Å². The molecular weight excluding hydrogens is 436 g/mol. The first-order chi connectivity index (χ1) is 16.4. The lowest BCUT2D eigenvalue weighted by Gasteiger charge is -2.34. The summed E-state index contributed by atoms with van der Waals surface area (Å²) < 4.78 is 4.71. The first-order valence-electron chi connectivity index (χ1n) is 11.6. The molecule has 0 radical (unpaired) electrons. The maximum atomic E-state index is 12.5. The first kappa shape index (κ1) is 24.0. The van der Waals surface area contributed by atoms with Crippen LogP contribution >= 0.6 is 0 Å². The van der Waals surface area contributed by atoms with E-state index in [4.69, 9.17) is 15.5 Å². The van der Waals surface area contributed by atoms with Gasteiger partial charge in [0.25, 0.3) is 6.47 Å². The third-order valence-corrected chi connectivity index (χ3v) is 6.91. The number of fused-ring (bicyclic) bond motifs is 2. The molecule has 34 heavy (non-hydrogen) atoms. The molecule has 1 amide bonds. The number of rotatable bonds is 8. The van der Waals surface area contributed by atoms with Gasteiger partial charge in [-0.05, 0) is 43.7 Å². The molecule has 0 saturated carbocycles. The van der Waals surface area contributed by atoms with Crippen LogP contribution in [0.2, 0.25) is 0 Å². The molecule has 1 aromatic heterocycles. The van der Waals surface area contributed by atoms with Gasteiger partial charge in [-0.2, -0.15) is 0 Å². The smallest absolute Gasteiger partial charge is 0.293 e. The molecular formula is C25H32N4O5. The molecule has 2 aliphatic carbocycles. The minimum absolute atomic E-state index is 0.0581. The zero-order chi connectivity index (χ0) is 24.4. The van der Waals surface area contributed by atoms with E-state index in [1.165, 1.54) is 16.7 Å². The molecule has 1 atom stereocenters. The van der Waals surface area contributed by atoms with Gasteiger partial charge in [0.15, 0.2) is 0 Å². The Balaban J connectivity index is 1.85. The molecule has 0 fully saturated rings. The van der Waals surface area contributed by atoms with Crippen LogP contribution in [0, 0.1) is 0 Å². The van der Waals surface area contributed by atoms with Crippen LogP contribution in [0.5, 0.6) is 0 Å². The summed E-state index contributed by atoms with van der Waals surface area (Å²) >= 11 is 0. The SMILES string of the molecule is CC1=C2CCC(NC(=O)CCN)c3c4c(nc(c32)CC1)/C(=C/C(O)=C(CO)COC=O)N(C)C4. The summed E-state index contributed by atoms with van der Waals surface area (Å²) in [5.41, 5.74) is 14.4. The van der Waals surface area contributed by atoms with Crippen molar-refractivity contribution in [1.29, 1.82) is 0 Å². The van der Waals surface area contributed by atoms with Crippen molar-refractivity contribution in [3.63, 3.8) is 0 Å². The van der Waals surface area contributed by atoms with Crippen molar-refractivity contribution in [3.8, 4) is 0 Å². The van der Waals surface area contributed by atoms with Crippen molar-refractivity contribution in [2.24, 2.45) is 5.73 Å². The average molecular weight is 469 g/mol. The van der Waals surface area contributed by atoms with Crippen LogP contribution in [-0.4, -0.2) is 59.3 Å². The predicted molar refractivity (Wildman–Crippen MR) is 127 cm³/mol. The van der Waals surface area contributed by atoms with Crippen molar-refractivity contribution in [2.75, 3.05) is 26.8 Å². The number of aliphatic hydroxyl groups excluding tert-OH is 2. The number of hydrogen-bond donors (Lipinski definition) is 4. The number of hydrogen-bond acceptors (Lipinski definition) is 8. The summed E-state index contributed by atoms with van der Waals surface area (Å²) in [6.07, 6.45) is 5.34. The van der Waals surface area contributed by atoms with Gasteiger partial charge >= 0.3 is 0 Å². The largest absolute Gasteiger partial charge is 0.508 e. The Hall–Kier alpha value is -3.17. The molecule has 0 saturated heterocycles. The second-order valence-corrected chi connectivity index (χ2v) is 9.07. The van der Waals surface area contributed by atoms with Crippen LogP contribution in [-0.2, 0) is 27.3 Å². The second-order valence-electron chi connectivity index (χ2n) is 9.07. The van der Waals surface area contributed by atoms with Crippen LogP contribution in [0.4, 0.5) is 0 Å². The van der Waals surface area contributed by atoms with Crippen molar-refractivity contribution in [3.05, 3.63) is 51.1 Å². The highest BCUT2D eigenvalue weighted by Gasteiger charge is 2.37. The summed E-state index contributed by atoms with van der Waals surface area (Å²) in [4.78, 5) is 30.0. The highest BCUT2D eigenvalue weighted by molar-refractivity contribution is 5.83. The van der Waals surface area contributed by atoms with Crippen molar-refractivity contribution >= 4 is 23.6 Å². The van der Waals surface area contributed by atoms with Crippen LogP contribution in [0.3, 0.4) is 0 Å². The summed E-state index contributed by atoms with van der Waals surface area (Å²) in [6.45, 7) is 2.71. The zero-order valence-electron chi connectivity index (χ0n) is 19.7. The van der Waals surface area contributed by atoms with Gasteiger partial charge in [-0.1, -0.05) is 5.57 Å². The van der Waals surface area contributed by atoms with Gasteiger partial charge in [0.05, 0.1) is 24.0 Å². The standard InChI is InChI=1S/C25H32N4O5/c1-14-3-5-19-23-16(14)4-6-18(27-22(33)7-8-26)24(23)17-10-29(2)20(25(17)28-19)9-21(32)15(11-30)12-34-13-31/h9,13,18,30,32H,3-8,10-12,26H2,1-2H3,(H,27,33)/b20-9-,21-15?. The Labute approximate surface area is 199 Å². The minimum Gasteiger partial charge on any atom is -0.508 e. The molecule has 182 valence electrons. The zero-order valence-corrected chi connectivity index (χ0v) is 19.7. The number of aryl methyl sites for hydroxylation is 1. The number of amides is 1. The van der Waals surface area contributed by atoms with E-state index in [1.54, 1.807) is 6.08 Å². The number of ether oxygens (including phenoxy) is 1. The molecule has 1 aromatic rings. The van der Waals surface area contributed by atoms with E-state index in [0.29, 0.717) is 18.8 Å². The van der Waals surface area contributed by atoms with E-state index in [0.717, 1.165) is 48.2 Å². The molecule has 1 aliphatic heterocycles. The van der Waals surface area contributed by atoms with Crippen molar-refractivity contribution in [1.82, 2.24) is 15.2 Å². The Morgan fingerprint density at radius 1 is 1.35 bits per heavy atom. The first-order valence-corrected chi connectivity index (χ1v) is 11.6. The predicted octanol–water partition coefficient (Wildman–Crippen LogP) is 1.86. The Kier molecular flexibility index (Phi) is 7.04. The maximum absolute atomic E-state index is 12.5. The van der Waals surface area contributed by atoms with E-state index >= 15 is 0 Å². The molecule has 2 heterocycles. The Bertz CT molecular complexity index is 1110. The van der Waals surface area contributed by atoms with Gasteiger partial charge in [0, 0.05) is 55.0 Å². The molecule has 5 N–H and O–H groups in total. The third-order valence-electron chi connectivity index (χ3n) is 6.91. The number of nitrogens with one attached hydrogen (secondary N) is 1. The topological polar surface area (TPSA) is 138 Å². The molecule has 4 rings (SSSR count). The number of aromatic nitrogens is 1. The summed E-state index contributed by atoms with van der Waals surface area (Å²) in [5.74, 6) is -0.214. The third kappa shape index (κ3) is 4.33. The molecule has 9 nitrogen and oxygen atoms in total.